The normalized spacial score (nSPS) is 19.3. The first-order chi connectivity index (χ1) is 18.5. The number of amides is 2. The molecule has 1 N–H and O–H groups in total. The van der Waals surface area contributed by atoms with Crippen molar-refractivity contribution in [2.24, 2.45) is 0 Å². The van der Waals surface area contributed by atoms with Crippen LogP contribution in [0.3, 0.4) is 0 Å². The van der Waals surface area contributed by atoms with Crippen molar-refractivity contribution < 1.29 is 19.1 Å². The quantitative estimate of drug-likeness (QED) is 0.467. The molecule has 1 unspecified atom stereocenters. The van der Waals surface area contributed by atoms with E-state index in [-0.39, 0.29) is 24.8 Å². The molecule has 2 saturated heterocycles. The van der Waals surface area contributed by atoms with Gasteiger partial charge in [-0.15, -0.1) is 0 Å². The fourth-order valence-corrected chi connectivity index (χ4v) is 5.39. The lowest BCUT2D eigenvalue weighted by atomic mass is 9.81. The molecule has 0 radical (unpaired) electrons. The average Bonchev–Trinajstić information content (AvgIpc) is 2.96. The van der Waals surface area contributed by atoms with Crippen LogP contribution in [0.5, 0.6) is 0 Å². The monoisotopic (exact) mass is 511 g/mol. The molecule has 2 fully saturated rings. The number of hydrogen-bond donors (Lipinski definition) is 1. The minimum Gasteiger partial charge on any atom is -0.461 e. The van der Waals surface area contributed by atoms with Crippen molar-refractivity contribution in [1.82, 2.24) is 15.1 Å². The number of nitrogens with one attached hydrogen (secondary N) is 1. The molecule has 2 aliphatic heterocycles. The number of hydrogen-bond acceptors (Lipinski definition) is 5. The van der Waals surface area contributed by atoms with Crippen molar-refractivity contribution in [1.29, 1.82) is 0 Å². The molecule has 196 valence electrons. The van der Waals surface area contributed by atoms with Crippen LogP contribution in [0.4, 0.5) is 0 Å². The molecule has 38 heavy (non-hydrogen) atoms. The Morgan fingerprint density at radius 2 is 1.32 bits per heavy atom. The summed E-state index contributed by atoms with van der Waals surface area (Å²) in [6.07, 6.45) is 0.879. The topological polar surface area (TPSA) is 79.0 Å². The first kappa shape index (κ1) is 25.7. The highest BCUT2D eigenvalue weighted by atomic mass is 16.5. The minimum atomic E-state index is -0.942. The molecule has 2 amide bonds. The van der Waals surface area contributed by atoms with Gasteiger partial charge in [0, 0.05) is 26.2 Å². The van der Waals surface area contributed by atoms with E-state index < -0.39 is 17.6 Å². The predicted octanol–water partition coefficient (Wildman–Crippen LogP) is 3.68. The second-order valence-corrected chi connectivity index (χ2v) is 10.1. The van der Waals surface area contributed by atoms with Crippen LogP contribution < -0.4 is 5.32 Å². The summed E-state index contributed by atoms with van der Waals surface area (Å²) in [4.78, 5) is 44.2. The molecule has 0 saturated carbocycles. The van der Waals surface area contributed by atoms with E-state index in [9.17, 15) is 14.4 Å². The van der Waals surface area contributed by atoms with E-state index in [1.165, 1.54) is 5.56 Å². The molecule has 1 atom stereocenters. The van der Waals surface area contributed by atoms with Crippen LogP contribution >= 0.6 is 0 Å². The highest BCUT2D eigenvalue weighted by Gasteiger charge is 2.53. The van der Waals surface area contributed by atoms with Crippen LogP contribution in [-0.2, 0) is 38.8 Å². The number of piperazine rings is 1. The SMILES string of the molecule is O=C(CC1NC(=O)C2(CCN(Cc3ccccc3)CC2)N(Cc2ccccc2)C1=O)OCc1ccccc1. The number of rotatable bonds is 8. The number of nitrogens with zero attached hydrogens (tertiary/aromatic N) is 2. The Hall–Kier alpha value is -3.97. The van der Waals surface area contributed by atoms with Crippen molar-refractivity contribution in [3.05, 3.63) is 108 Å². The summed E-state index contributed by atoms with van der Waals surface area (Å²) in [6.45, 7) is 2.65. The van der Waals surface area contributed by atoms with Crippen LogP contribution in [-0.4, -0.2) is 52.3 Å². The van der Waals surface area contributed by atoms with Gasteiger partial charge in [-0.1, -0.05) is 91.0 Å². The van der Waals surface area contributed by atoms with Crippen LogP contribution in [0.15, 0.2) is 91.0 Å². The Balaban J connectivity index is 1.30. The molecule has 2 heterocycles. The Kier molecular flexibility index (Phi) is 7.84. The lowest BCUT2D eigenvalue weighted by Gasteiger charge is -2.51. The maximum atomic E-state index is 13.8. The average molecular weight is 512 g/mol. The van der Waals surface area contributed by atoms with Gasteiger partial charge in [0.1, 0.15) is 18.2 Å². The number of benzene rings is 3. The minimum absolute atomic E-state index is 0.128. The number of likely N-dealkylation sites (tertiary alicyclic amines) is 1. The number of esters is 1. The summed E-state index contributed by atoms with van der Waals surface area (Å²) in [5.74, 6) is -0.935. The zero-order chi connectivity index (χ0) is 26.4. The fraction of sp³-hybridized carbons (Fsp3) is 0.323. The Morgan fingerprint density at radius 1 is 0.789 bits per heavy atom. The van der Waals surface area contributed by atoms with E-state index in [2.05, 4.69) is 22.3 Å². The molecule has 0 aromatic heterocycles. The van der Waals surface area contributed by atoms with E-state index in [0.29, 0.717) is 32.5 Å². The van der Waals surface area contributed by atoms with E-state index in [1.54, 1.807) is 4.90 Å². The van der Waals surface area contributed by atoms with Gasteiger partial charge in [0.2, 0.25) is 11.8 Å². The summed E-state index contributed by atoms with van der Waals surface area (Å²) in [7, 11) is 0. The van der Waals surface area contributed by atoms with E-state index >= 15 is 0 Å². The van der Waals surface area contributed by atoms with Gasteiger partial charge in [-0.3, -0.25) is 19.3 Å². The van der Waals surface area contributed by atoms with Gasteiger partial charge in [0.05, 0.1) is 6.42 Å². The first-order valence-electron chi connectivity index (χ1n) is 13.2. The highest BCUT2D eigenvalue weighted by Crippen LogP contribution is 2.35. The Bertz CT molecular complexity index is 1240. The van der Waals surface area contributed by atoms with Gasteiger partial charge in [0.15, 0.2) is 0 Å². The Morgan fingerprint density at radius 3 is 1.89 bits per heavy atom. The van der Waals surface area contributed by atoms with Crippen molar-refractivity contribution in [3.8, 4) is 0 Å². The summed E-state index contributed by atoms with van der Waals surface area (Å²) in [5, 5.41) is 2.89. The molecule has 2 aliphatic rings. The lowest BCUT2D eigenvalue weighted by Crippen LogP contribution is -2.72. The van der Waals surface area contributed by atoms with E-state index in [4.69, 9.17) is 4.74 Å². The number of carbonyl (C=O) groups is 3. The third-order valence-corrected chi connectivity index (χ3v) is 7.54. The molecule has 5 rings (SSSR count). The first-order valence-corrected chi connectivity index (χ1v) is 13.2. The van der Waals surface area contributed by atoms with E-state index in [0.717, 1.165) is 17.7 Å². The summed E-state index contributed by atoms with van der Waals surface area (Å²) < 4.78 is 5.41. The molecular weight excluding hydrogens is 478 g/mol. The van der Waals surface area contributed by atoms with Crippen molar-refractivity contribution in [2.45, 2.75) is 50.5 Å². The van der Waals surface area contributed by atoms with Gasteiger partial charge in [-0.05, 0) is 29.5 Å². The summed E-state index contributed by atoms with van der Waals surface area (Å²) in [6, 6.07) is 28.4. The van der Waals surface area contributed by atoms with Crippen LogP contribution in [0.25, 0.3) is 0 Å². The van der Waals surface area contributed by atoms with Crippen LogP contribution in [0, 0.1) is 0 Å². The van der Waals surface area contributed by atoms with Crippen molar-refractivity contribution in [3.63, 3.8) is 0 Å². The van der Waals surface area contributed by atoms with E-state index in [1.807, 2.05) is 78.9 Å². The highest BCUT2D eigenvalue weighted by molar-refractivity contribution is 6.01. The maximum absolute atomic E-state index is 13.8. The van der Waals surface area contributed by atoms with Crippen LogP contribution in [0.1, 0.15) is 36.0 Å². The standard InChI is InChI=1S/C31H33N3O4/c35-28(38-23-26-14-8-3-9-15-26)20-27-29(36)34(22-25-12-6-2-7-13-25)31(30(37)32-27)16-18-33(19-17-31)21-24-10-4-1-5-11-24/h1-15,27H,16-23H2,(H,32,37). The predicted molar refractivity (Wildman–Crippen MR) is 143 cm³/mol. The molecule has 0 aliphatic carbocycles. The van der Waals surface area contributed by atoms with Gasteiger partial charge in [0.25, 0.3) is 0 Å². The third kappa shape index (κ3) is 5.78. The molecule has 7 nitrogen and oxygen atoms in total. The van der Waals surface area contributed by atoms with Gasteiger partial charge >= 0.3 is 5.97 Å². The fourth-order valence-electron chi connectivity index (χ4n) is 5.39. The zero-order valence-electron chi connectivity index (χ0n) is 21.4. The largest absolute Gasteiger partial charge is 0.461 e. The molecular formula is C31H33N3O4. The molecule has 3 aromatic rings. The molecule has 1 spiro atoms. The van der Waals surface area contributed by atoms with Crippen molar-refractivity contribution in [2.75, 3.05) is 13.1 Å². The maximum Gasteiger partial charge on any atom is 0.308 e. The second-order valence-electron chi connectivity index (χ2n) is 10.1. The van der Waals surface area contributed by atoms with Crippen molar-refractivity contribution >= 4 is 17.8 Å². The summed E-state index contributed by atoms with van der Waals surface area (Å²) in [5.41, 5.74) is 2.10. The van der Waals surface area contributed by atoms with Gasteiger partial charge in [-0.2, -0.15) is 0 Å². The molecule has 7 heteroatoms. The van der Waals surface area contributed by atoms with Gasteiger partial charge in [-0.25, -0.2) is 0 Å². The van der Waals surface area contributed by atoms with Gasteiger partial charge < -0.3 is 15.0 Å². The number of piperidine rings is 1. The summed E-state index contributed by atoms with van der Waals surface area (Å²) >= 11 is 0. The third-order valence-electron chi connectivity index (χ3n) is 7.54. The smallest absolute Gasteiger partial charge is 0.308 e. The second kappa shape index (κ2) is 11.6. The lowest BCUT2D eigenvalue weighted by molar-refractivity contribution is -0.164. The zero-order valence-corrected chi connectivity index (χ0v) is 21.4. The molecule has 0 bridgehead atoms. The number of ether oxygens (including phenoxy) is 1. The molecule has 3 aromatic carbocycles. The number of carbonyl (C=O) groups excluding carboxylic acids is 3. The van der Waals surface area contributed by atoms with Crippen LogP contribution in [0.2, 0.25) is 0 Å². The Labute approximate surface area is 223 Å².